The number of aryl methyl sites for hydroxylation is 1. The molecule has 4 rings (SSSR count). The summed E-state index contributed by atoms with van der Waals surface area (Å²) in [6, 6.07) is 0. The van der Waals surface area contributed by atoms with Crippen molar-refractivity contribution in [1.29, 1.82) is 0 Å². The fourth-order valence-corrected chi connectivity index (χ4v) is 4.04. The number of nitrogens with two attached hydrogens (primary N) is 1. The highest BCUT2D eigenvalue weighted by atomic mass is 79.9. The van der Waals surface area contributed by atoms with Crippen LogP contribution in [0.4, 0.5) is 5.82 Å². The van der Waals surface area contributed by atoms with Crippen molar-refractivity contribution >= 4 is 27.6 Å². The van der Waals surface area contributed by atoms with Gasteiger partial charge in [-0.25, -0.2) is 4.68 Å². The summed E-state index contributed by atoms with van der Waals surface area (Å²) in [6.45, 7) is 3.98. The van der Waals surface area contributed by atoms with Crippen LogP contribution >= 0.6 is 15.9 Å². The van der Waals surface area contributed by atoms with Gasteiger partial charge in [0.05, 0.1) is 23.4 Å². The average molecular weight is 392 g/mol. The van der Waals surface area contributed by atoms with Crippen LogP contribution < -0.4 is 16.0 Å². The van der Waals surface area contributed by atoms with Gasteiger partial charge in [0, 0.05) is 30.9 Å². The van der Waals surface area contributed by atoms with E-state index in [0.717, 1.165) is 47.6 Å². The van der Waals surface area contributed by atoms with Crippen molar-refractivity contribution in [3.05, 3.63) is 23.1 Å². The summed E-state index contributed by atoms with van der Waals surface area (Å²) in [4.78, 5) is 2.38. The lowest BCUT2D eigenvalue weighted by Gasteiger charge is -2.35. The number of aromatic nitrogens is 4. The molecule has 24 heavy (non-hydrogen) atoms. The van der Waals surface area contributed by atoms with Crippen molar-refractivity contribution < 1.29 is 0 Å². The summed E-state index contributed by atoms with van der Waals surface area (Å²) in [5, 5.41) is 12.3. The molecule has 2 aromatic heterocycles. The van der Waals surface area contributed by atoms with E-state index in [1.807, 2.05) is 35.0 Å². The quantitative estimate of drug-likeness (QED) is 0.830. The zero-order valence-electron chi connectivity index (χ0n) is 13.7. The number of rotatable bonds is 3. The molecule has 0 saturated carbocycles. The fourth-order valence-electron chi connectivity index (χ4n) is 3.57. The van der Waals surface area contributed by atoms with Crippen molar-refractivity contribution in [3.63, 3.8) is 0 Å². The number of piperidine rings is 1. The number of hydrogen-bond acceptors (Lipinski definition) is 5. The second kappa shape index (κ2) is 6.25. The molecule has 1 saturated heterocycles. The first-order chi connectivity index (χ1) is 11.6. The van der Waals surface area contributed by atoms with Crippen LogP contribution in [-0.4, -0.2) is 45.7 Å². The molecule has 8 heteroatoms. The Bertz CT molecular complexity index is 769. The monoisotopic (exact) mass is 391 g/mol. The summed E-state index contributed by atoms with van der Waals surface area (Å²) >= 11 is 3.62. The van der Waals surface area contributed by atoms with Crippen LogP contribution in [-0.2, 0) is 7.05 Å². The summed E-state index contributed by atoms with van der Waals surface area (Å²) < 4.78 is 4.64. The highest BCUT2D eigenvalue weighted by molar-refractivity contribution is 9.11. The topological polar surface area (TPSA) is 76.9 Å². The predicted octanol–water partition coefficient (Wildman–Crippen LogP) is 1.58. The second-order valence-corrected chi connectivity index (χ2v) is 7.54. The Morgan fingerprint density at radius 3 is 2.96 bits per heavy atom. The Morgan fingerprint density at radius 2 is 2.25 bits per heavy atom. The summed E-state index contributed by atoms with van der Waals surface area (Å²) in [5.41, 5.74) is 8.40. The van der Waals surface area contributed by atoms with E-state index in [4.69, 9.17) is 5.73 Å². The molecule has 3 N–H and O–H groups in total. The van der Waals surface area contributed by atoms with Gasteiger partial charge in [0.2, 0.25) is 0 Å². The van der Waals surface area contributed by atoms with Crippen molar-refractivity contribution in [2.24, 2.45) is 18.7 Å². The normalized spacial score (nSPS) is 21.2. The molecular weight excluding hydrogens is 370 g/mol. The highest BCUT2D eigenvalue weighted by Gasteiger charge is 2.29. The smallest absolute Gasteiger partial charge is 0.142 e. The number of nitrogens with zero attached hydrogens (tertiary/aromatic N) is 5. The average Bonchev–Trinajstić information content (AvgIpc) is 3.19. The van der Waals surface area contributed by atoms with E-state index >= 15 is 0 Å². The van der Waals surface area contributed by atoms with Gasteiger partial charge in [-0.1, -0.05) is 0 Å². The van der Waals surface area contributed by atoms with E-state index in [1.54, 1.807) is 0 Å². The van der Waals surface area contributed by atoms with Gasteiger partial charge < -0.3 is 16.0 Å². The molecule has 128 valence electrons. The third-order valence-corrected chi connectivity index (χ3v) is 5.43. The van der Waals surface area contributed by atoms with Gasteiger partial charge in [-0.3, -0.25) is 4.68 Å². The summed E-state index contributed by atoms with van der Waals surface area (Å²) in [5.74, 6) is 2.37. The number of hydrogen-bond donors (Lipinski definition) is 2. The number of fused-ring (bicyclic) bond motifs is 1. The number of halogens is 1. The second-order valence-electron chi connectivity index (χ2n) is 6.58. The predicted molar refractivity (Wildman–Crippen MR) is 98.6 cm³/mol. The van der Waals surface area contributed by atoms with E-state index < -0.39 is 0 Å². The van der Waals surface area contributed by atoms with Gasteiger partial charge in [0.25, 0.3) is 0 Å². The molecule has 2 aliphatic rings. The lowest BCUT2D eigenvalue weighted by atomic mass is 9.98. The Hall–Kier alpha value is -1.80. The fraction of sp³-hybridized carbons (Fsp3) is 0.500. The van der Waals surface area contributed by atoms with Crippen LogP contribution in [0.2, 0.25) is 0 Å². The first-order valence-corrected chi connectivity index (χ1v) is 9.10. The van der Waals surface area contributed by atoms with Crippen LogP contribution in [0.3, 0.4) is 0 Å². The van der Waals surface area contributed by atoms with Gasteiger partial charge in [-0.05, 0) is 47.8 Å². The molecule has 1 unspecified atom stereocenters. The molecule has 1 atom stereocenters. The molecule has 0 aliphatic carbocycles. The van der Waals surface area contributed by atoms with Crippen molar-refractivity contribution in [2.75, 3.05) is 31.1 Å². The van der Waals surface area contributed by atoms with Crippen LogP contribution in [0.25, 0.3) is 16.9 Å². The third kappa shape index (κ3) is 2.73. The molecule has 2 aromatic rings. The first-order valence-electron chi connectivity index (χ1n) is 8.30. The summed E-state index contributed by atoms with van der Waals surface area (Å²) in [7, 11) is 1.93. The van der Waals surface area contributed by atoms with Gasteiger partial charge in [0.15, 0.2) is 0 Å². The van der Waals surface area contributed by atoms with Gasteiger partial charge in [-0.15, -0.1) is 0 Å². The molecular formula is C16H22BrN7. The summed E-state index contributed by atoms with van der Waals surface area (Å²) in [6.07, 6.45) is 8.28. The minimum absolute atomic E-state index is 0.642. The first kappa shape index (κ1) is 15.7. The molecule has 0 amide bonds. The molecule has 1 fully saturated rings. The van der Waals surface area contributed by atoms with E-state index in [-0.39, 0.29) is 0 Å². The van der Waals surface area contributed by atoms with Crippen LogP contribution in [0.5, 0.6) is 0 Å². The standard InChI is InChI=1S/C16H22BrN7/c1-22-9-12(6-20-22)13-7-21-24-15(18)14(17)10-23(16(13)24)8-11-3-2-4-19-5-11/h6-7,9,11,19H,2-5,8,10,18H2,1H3. The molecule has 4 heterocycles. The van der Waals surface area contributed by atoms with Crippen molar-refractivity contribution in [3.8, 4) is 11.1 Å². The molecule has 0 radical (unpaired) electrons. The Morgan fingerprint density at radius 1 is 1.38 bits per heavy atom. The van der Waals surface area contributed by atoms with Crippen molar-refractivity contribution in [1.82, 2.24) is 24.9 Å². The van der Waals surface area contributed by atoms with Gasteiger partial charge in [-0.2, -0.15) is 10.2 Å². The third-order valence-electron chi connectivity index (χ3n) is 4.77. The minimum atomic E-state index is 0.642. The molecule has 0 bridgehead atoms. The zero-order valence-corrected chi connectivity index (χ0v) is 15.3. The maximum absolute atomic E-state index is 6.26. The van der Waals surface area contributed by atoms with Gasteiger partial charge in [0.1, 0.15) is 11.6 Å². The zero-order chi connectivity index (χ0) is 16.7. The van der Waals surface area contributed by atoms with Crippen molar-refractivity contribution in [2.45, 2.75) is 12.8 Å². The maximum Gasteiger partial charge on any atom is 0.142 e. The Kier molecular flexibility index (Phi) is 4.09. The van der Waals surface area contributed by atoms with E-state index in [9.17, 15) is 0 Å². The van der Waals surface area contributed by atoms with Crippen LogP contribution in [0.1, 0.15) is 12.8 Å². The lowest BCUT2D eigenvalue weighted by Crippen LogP contribution is -2.41. The van der Waals surface area contributed by atoms with E-state index in [2.05, 4.69) is 36.3 Å². The molecule has 2 aliphatic heterocycles. The molecule has 0 spiro atoms. The SMILES string of the molecule is Cn1cc(-c2cnn3c2N(CC2CCCNC2)CC(Br)=C3N)cn1. The molecule has 0 aromatic carbocycles. The van der Waals surface area contributed by atoms with Gasteiger partial charge >= 0.3 is 0 Å². The minimum Gasteiger partial charge on any atom is -0.383 e. The highest BCUT2D eigenvalue weighted by Crippen LogP contribution is 2.37. The van der Waals surface area contributed by atoms with E-state index in [0.29, 0.717) is 11.7 Å². The maximum atomic E-state index is 6.26. The van der Waals surface area contributed by atoms with Crippen LogP contribution in [0, 0.1) is 5.92 Å². The van der Waals surface area contributed by atoms with Crippen LogP contribution in [0.15, 0.2) is 23.1 Å². The molecule has 7 nitrogen and oxygen atoms in total. The Labute approximate surface area is 149 Å². The Balaban J connectivity index is 1.72. The lowest BCUT2D eigenvalue weighted by molar-refractivity contribution is 0.377. The largest absolute Gasteiger partial charge is 0.383 e. The number of anilines is 1. The number of nitrogens with one attached hydrogen (secondary N) is 1. The van der Waals surface area contributed by atoms with E-state index in [1.165, 1.54) is 12.8 Å².